The van der Waals surface area contributed by atoms with E-state index in [0.29, 0.717) is 12.3 Å². The van der Waals surface area contributed by atoms with E-state index < -0.39 is 6.10 Å². The minimum atomic E-state index is -0.476. The van der Waals surface area contributed by atoms with Crippen molar-refractivity contribution in [2.75, 3.05) is 0 Å². The molecule has 1 saturated carbocycles. The Balaban J connectivity index is 1.79. The Kier molecular flexibility index (Phi) is 5.62. The summed E-state index contributed by atoms with van der Waals surface area (Å²) in [5.41, 5.74) is 0.930. The number of aliphatic hydroxyl groups excluding tert-OH is 2. The van der Waals surface area contributed by atoms with Crippen LogP contribution in [0.25, 0.3) is 0 Å². The largest absolute Gasteiger partial charge is 0.389 e. The summed E-state index contributed by atoms with van der Waals surface area (Å²) in [6.45, 7) is 0. The van der Waals surface area contributed by atoms with Crippen LogP contribution >= 0.6 is 0 Å². The molecule has 0 radical (unpaired) electrons. The van der Waals surface area contributed by atoms with Crippen molar-refractivity contribution in [2.45, 2.75) is 50.7 Å². The molecule has 0 heterocycles. The maximum atomic E-state index is 10.1. The van der Waals surface area contributed by atoms with Crippen molar-refractivity contribution in [3.05, 3.63) is 48.0 Å². The molecule has 0 aromatic heterocycles. The number of aliphatic hydroxyl groups is 2. The minimum Gasteiger partial charge on any atom is -0.389 e. The zero-order valence-corrected chi connectivity index (χ0v) is 11.4. The molecule has 1 aromatic rings. The zero-order chi connectivity index (χ0) is 13.5. The topological polar surface area (TPSA) is 40.5 Å². The van der Waals surface area contributed by atoms with Crippen LogP contribution in [0.2, 0.25) is 0 Å². The molecule has 19 heavy (non-hydrogen) atoms. The van der Waals surface area contributed by atoms with Crippen LogP contribution in [0.15, 0.2) is 42.5 Å². The fourth-order valence-electron chi connectivity index (χ4n) is 2.79. The third-order valence-corrected chi connectivity index (χ3v) is 4.01. The summed E-state index contributed by atoms with van der Waals surface area (Å²) in [6.07, 6.45) is 9.57. The van der Waals surface area contributed by atoms with E-state index in [1.54, 1.807) is 0 Å². The smallest absolute Gasteiger partial charge is 0.0824 e. The molecular weight excluding hydrogens is 236 g/mol. The van der Waals surface area contributed by atoms with Gasteiger partial charge in [0.1, 0.15) is 0 Å². The zero-order valence-electron chi connectivity index (χ0n) is 11.4. The second-order valence-corrected chi connectivity index (χ2v) is 5.48. The van der Waals surface area contributed by atoms with Crippen LogP contribution < -0.4 is 0 Å². The first kappa shape index (κ1) is 14.3. The predicted molar refractivity (Wildman–Crippen MR) is 77.7 cm³/mol. The second-order valence-electron chi connectivity index (χ2n) is 5.48. The standard InChI is InChI=1S/C17H24O2/c18-16(14-8-3-1-4-9-14)12-7-13-17(19)15-10-5-2-6-11-15/h1,3-4,7-9,13,15-19H,2,5-6,10-12H2/b13-7-/t16-,17-/m0/s1. The Morgan fingerprint density at radius 1 is 1.05 bits per heavy atom. The Labute approximate surface area is 115 Å². The van der Waals surface area contributed by atoms with Gasteiger partial charge in [0.2, 0.25) is 0 Å². The molecule has 0 saturated heterocycles. The van der Waals surface area contributed by atoms with Crippen molar-refractivity contribution >= 4 is 0 Å². The van der Waals surface area contributed by atoms with Crippen molar-refractivity contribution in [2.24, 2.45) is 5.92 Å². The molecular formula is C17H24O2. The maximum Gasteiger partial charge on any atom is 0.0824 e. The lowest BCUT2D eigenvalue weighted by Gasteiger charge is -2.24. The lowest BCUT2D eigenvalue weighted by atomic mass is 9.85. The monoisotopic (exact) mass is 260 g/mol. The number of hydrogen-bond acceptors (Lipinski definition) is 2. The normalized spacial score (nSPS) is 20.5. The number of hydrogen-bond donors (Lipinski definition) is 2. The quantitative estimate of drug-likeness (QED) is 0.794. The highest BCUT2D eigenvalue weighted by atomic mass is 16.3. The van der Waals surface area contributed by atoms with Gasteiger partial charge in [-0.05, 0) is 30.7 Å². The second kappa shape index (κ2) is 7.46. The van der Waals surface area contributed by atoms with Crippen molar-refractivity contribution in [1.29, 1.82) is 0 Å². The highest BCUT2D eigenvalue weighted by molar-refractivity contribution is 5.18. The molecule has 0 aliphatic heterocycles. The lowest BCUT2D eigenvalue weighted by molar-refractivity contribution is 0.124. The number of rotatable bonds is 5. The molecule has 2 atom stereocenters. The maximum absolute atomic E-state index is 10.1. The van der Waals surface area contributed by atoms with E-state index in [-0.39, 0.29) is 6.10 Å². The molecule has 1 aliphatic carbocycles. The van der Waals surface area contributed by atoms with Gasteiger partial charge in [-0.2, -0.15) is 0 Å². The first-order chi connectivity index (χ1) is 9.27. The van der Waals surface area contributed by atoms with Gasteiger partial charge in [0.05, 0.1) is 12.2 Å². The molecule has 0 unspecified atom stereocenters. The summed E-state index contributed by atoms with van der Waals surface area (Å²) in [4.78, 5) is 0. The Morgan fingerprint density at radius 3 is 2.42 bits per heavy atom. The molecule has 1 aromatic carbocycles. The van der Waals surface area contributed by atoms with Crippen LogP contribution in [0.4, 0.5) is 0 Å². The van der Waals surface area contributed by atoms with Crippen LogP contribution in [0, 0.1) is 5.92 Å². The first-order valence-corrected chi connectivity index (χ1v) is 7.35. The first-order valence-electron chi connectivity index (χ1n) is 7.35. The highest BCUT2D eigenvalue weighted by Gasteiger charge is 2.19. The van der Waals surface area contributed by atoms with Gasteiger partial charge in [-0.15, -0.1) is 0 Å². The molecule has 2 heteroatoms. The Bertz CT molecular complexity index is 380. The Hall–Kier alpha value is -1.12. The van der Waals surface area contributed by atoms with Crippen LogP contribution in [0.1, 0.15) is 50.2 Å². The Morgan fingerprint density at radius 2 is 1.74 bits per heavy atom. The van der Waals surface area contributed by atoms with Gasteiger partial charge in [0.15, 0.2) is 0 Å². The fourth-order valence-corrected chi connectivity index (χ4v) is 2.79. The van der Waals surface area contributed by atoms with Gasteiger partial charge >= 0.3 is 0 Å². The van der Waals surface area contributed by atoms with Gasteiger partial charge < -0.3 is 10.2 Å². The SMILES string of the molecule is O[C@@H](C/C=C\[C@H](O)C1CCCCC1)c1ccccc1. The van der Waals surface area contributed by atoms with E-state index in [4.69, 9.17) is 0 Å². The van der Waals surface area contributed by atoms with Crippen LogP contribution in [0.5, 0.6) is 0 Å². The van der Waals surface area contributed by atoms with Crippen molar-refractivity contribution < 1.29 is 10.2 Å². The van der Waals surface area contributed by atoms with Crippen LogP contribution in [0.3, 0.4) is 0 Å². The molecule has 2 rings (SSSR count). The van der Waals surface area contributed by atoms with E-state index in [2.05, 4.69) is 0 Å². The highest BCUT2D eigenvalue weighted by Crippen LogP contribution is 2.27. The molecule has 1 fully saturated rings. The van der Waals surface area contributed by atoms with Crippen LogP contribution in [-0.4, -0.2) is 16.3 Å². The van der Waals surface area contributed by atoms with Gasteiger partial charge in [-0.25, -0.2) is 0 Å². The summed E-state index contributed by atoms with van der Waals surface area (Å²) in [5.74, 6) is 0.416. The van der Waals surface area contributed by atoms with Crippen molar-refractivity contribution in [3.8, 4) is 0 Å². The van der Waals surface area contributed by atoms with E-state index >= 15 is 0 Å². The summed E-state index contributed by atoms with van der Waals surface area (Å²) in [7, 11) is 0. The van der Waals surface area contributed by atoms with Gasteiger partial charge in [-0.3, -0.25) is 0 Å². The third-order valence-electron chi connectivity index (χ3n) is 4.01. The molecule has 0 spiro atoms. The summed E-state index contributed by atoms with van der Waals surface area (Å²) >= 11 is 0. The molecule has 1 aliphatic rings. The number of benzene rings is 1. The van der Waals surface area contributed by atoms with E-state index in [9.17, 15) is 10.2 Å². The summed E-state index contributed by atoms with van der Waals surface area (Å²) in [6, 6.07) is 9.66. The third kappa shape index (κ3) is 4.48. The van der Waals surface area contributed by atoms with E-state index in [1.807, 2.05) is 42.5 Å². The van der Waals surface area contributed by atoms with Crippen molar-refractivity contribution in [3.63, 3.8) is 0 Å². The average molecular weight is 260 g/mol. The van der Waals surface area contributed by atoms with E-state index in [0.717, 1.165) is 18.4 Å². The molecule has 2 nitrogen and oxygen atoms in total. The lowest BCUT2D eigenvalue weighted by Crippen LogP contribution is -2.20. The molecule has 2 N–H and O–H groups in total. The molecule has 0 amide bonds. The molecule has 104 valence electrons. The summed E-state index contributed by atoms with van der Waals surface area (Å²) < 4.78 is 0. The van der Waals surface area contributed by atoms with Crippen LogP contribution in [-0.2, 0) is 0 Å². The fraction of sp³-hybridized carbons (Fsp3) is 0.529. The summed E-state index contributed by atoms with van der Waals surface area (Å²) in [5, 5.41) is 20.1. The van der Waals surface area contributed by atoms with Gasteiger partial charge in [0.25, 0.3) is 0 Å². The predicted octanol–water partition coefficient (Wildman–Crippen LogP) is 3.61. The minimum absolute atomic E-state index is 0.344. The average Bonchev–Trinajstić information content (AvgIpc) is 2.49. The van der Waals surface area contributed by atoms with Gasteiger partial charge in [-0.1, -0.05) is 61.7 Å². The molecule has 0 bridgehead atoms. The van der Waals surface area contributed by atoms with E-state index in [1.165, 1.54) is 19.3 Å². The van der Waals surface area contributed by atoms with Gasteiger partial charge in [0, 0.05) is 0 Å². The van der Waals surface area contributed by atoms with Crippen molar-refractivity contribution in [1.82, 2.24) is 0 Å².